The molecule has 0 aliphatic heterocycles. The molecule has 0 N–H and O–H groups in total. The second-order valence-corrected chi connectivity index (χ2v) is 1.98. The fourth-order valence-corrected chi connectivity index (χ4v) is 0.722. The second-order valence-electron chi connectivity index (χ2n) is 1.83. The van der Waals surface area contributed by atoms with E-state index in [-0.39, 0.29) is 5.69 Å². The van der Waals surface area contributed by atoms with Crippen molar-refractivity contribution in [3.8, 4) is 5.75 Å². The van der Waals surface area contributed by atoms with Crippen molar-refractivity contribution in [2.45, 2.75) is 0 Å². The van der Waals surface area contributed by atoms with Gasteiger partial charge in [-0.15, -0.1) is 0 Å². The van der Waals surface area contributed by atoms with E-state index in [1.165, 1.54) is 24.3 Å². The third-order valence-electron chi connectivity index (χ3n) is 1.14. The maximum Gasteiger partial charge on any atom is 0.269 e. The van der Waals surface area contributed by atoms with Crippen LogP contribution in [-0.4, -0.2) is 11.7 Å². The van der Waals surface area contributed by atoms with Crippen molar-refractivity contribution < 1.29 is 14.0 Å². The molecule has 0 atom stereocenters. The molecular weight excluding hydrogens is 198 g/mol. The Morgan fingerprint density at radius 1 is 1.31 bits per heavy atom. The van der Waals surface area contributed by atoms with Gasteiger partial charge in [0.15, 0.2) is 0 Å². The van der Waals surface area contributed by atoms with Crippen LogP contribution in [0.1, 0.15) is 0 Å². The largest absolute Gasteiger partial charge is 0.386 e. The molecule has 0 radical (unpaired) electrons. The molecule has 0 amide bonds. The maximum atomic E-state index is 10.1. The van der Waals surface area contributed by atoms with E-state index >= 15 is 0 Å². The van der Waals surface area contributed by atoms with E-state index in [4.69, 9.17) is 16.7 Å². The van der Waals surface area contributed by atoms with Crippen LogP contribution in [0.2, 0.25) is 0 Å². The average Bonchev–Trinajstić information content (AvgIpc) is 2.21. The van der Waals surface area contributed by atoms with Gasteiger partial charge < -0.3 is 9.08 Å². The Morgan fingerprint density at radius 2 is 1.77 bits per heavy atom. The van der Waals surface area contributed by atoms with Gasteiger partial charge in [0.1, 0.15) is 24.4 Å². The van der Waals surface area contributed by atoms with Gasteiger partial charge in [-0.25, -0.2) is 0 Å². The SMILES string of the molecule is C=O.O=[N+]([O-])c1ccc(OCl)cc1. The van der Waals surface area contributed by atoms with Crippen molar-refractivity contribution in [2.75, 3.05) is 0 Å². The van der Waals surface area contributed by atoms with Gasteiger partial charge in [-0.2, -0.15) is 0 Å². The van der Waals surface area contributed by atoms with Crippen LogP contribution >= 0.6 is 11.9 Å². The Hall–Kier alpha value is -1.62. The number of non-ortho nitro benzene ring substituents is 1. The number of hydrogen-bond donors (Lipinski definition) is 0. The first-order chi connectivity index (χ1) is 6.24. The van der Waals surface area contributed by atoms with Crippen molar-refractivity contribution in [3.05, 3.63) is 34.4 Å². The van der Waals surface area contributed by atoms with Gasteiger partial charge in [0.05, 0.1) is 4.92 Å². The van der Waals surface area contributed by atoms with Gasteiger partial charge >= 0.3 is 0 Å². The van der Waals surface area contributed by atoms with Crippen molar-refractivity contribution in [2.24, 2.45) is 0 Å². The highest BCUT2D eigenvalue weighted by atomic mass is 35.5. The molecule has 0 heterocycles. The molecule has 1 aromatic rings. The van der Waals surface area contributed by atoms with E-state index in [1.807, 2.05) is 6.79 Å². The van der Waals surface area contributed by atoms with Crippen LogP contribution in [0, 0.1) is 10.1 Å². The molecule has 1 aromatic carbocycles. The Kier molecular flexibility index (Phi) is 5.22. The fraction of sp³-hybridized carbons (Fsp3) is 0. The predicted molar refractivity (Wildman–Crippen MR) is 46.7 cm³/mol. The number of hydrogen-bond acceptors (Lipinski definition) is 4. The molecule has 0 spiro atoms. The normalized spacial score (nSPS) is 8.08. The quantitative estimate of drug-likeness (QED) is 0.544. The molecule has 0 aliphatic rings. The smallest absolute Gasteiger partial charge is 0.269 e. The molecule has 5 nitrogen and oxygen atoms in total. The Morgan fingerprint density at radius 3 is 2.08 bits per heavy atom. The highest BCUT2D eigenvalue weighted by Gasteiger charge is 2.03. The van der Waals surface area contributed by atoms with Gasteiger partial charge in [0, 0.05) is 12.1 Å². The predicted octanol–water partition coefficient (Wildman–Crippen LogP) is 1.94. The monoisotopic (exact) mass is 203 g/mol. The molecule has 6 heteroatoms. The van der Waals surface area contributed by atoms with Crippen molar-refractivity contribution in [1.82, 2.24) is 0 Å². The van der Waals surface area contributed by atoms with E-state index in [0.29, 0.717) is 5.75 Å². The number of benzene rings is 1. The Balaban J connectivity index is 0.000000671. The van der Waals surface area contributed by atoms with Crippen molar-refractivity contribution in [3.63, 3.8) is 0 Å². The standard InChI is InChI=1S/C6H4ClNO3.CH2O/c7-11-6-3-1-5(2-4-6)8(9)10;1-2/h1-4H;1H2. The van der Waals surface area contributed by atoms with E-state index < -0.39 is 4.92 Å². The molecule has 0 saturated carbocycles. The summed E-state index contributed by atoms with van der Waals surface area (Å²) in [6, 6.07) is 5.48. The van der Waals surface area contributed by atoms with Gasteiger partial charge in [-0.05, 0) is 12.1 Å². The third kappa shape index (κ3) is 3.53. The Bertz CT molecular complexity index is 274. The highest BCUT2D eigenvalue weighted by Crippen LogP contribution is 2.17. The lowest BCUT2D eigenvalue weighted by atomic mass is 10.3. The lowest BCUT2D eigenvalue weighted by molar-refractivity contribution is -0.384. The van der Waals surface area contributed by atoms with Crippen LogP contribution in [0.4, 0.5) is 5.69 Å². The number of nitro groups is 1. The second kappa shape index (κ2) is 5.96. The first-order valence-electron chi connectivity index (χ1n) is 3.06. The molecular formula is C7H6ClNO4. The van der Waals surface area contributed by atoms with Gasteiger partial charge in [-0.1, -0.05) is 0 Å². The van der Waals surface area contributed by atoms with Crippen LogP contribution in [0.15, 0.2) is 24.3 Å². The molecule has 0 bridgehead atoms. The molecule has 70 valence electrons. The molecule has 0 fully saturated rings. The maximum absolute atomic E-state index is 10.1. The number of nitro benzene ring substituents is 1. The van der Waals surface area contributed by atoms with Gasteiger partial charge in [0.25, 0.3) is 5.69 Å². The summed E-state index contributed by atoms with van der Waals surface area (Å²) in [5, 5.41) is 10.1. The third-order valence-corrected chi connectivity index (χ3v) is 1.31. The number of rotatable bonds is 2. The van der Waals surface area contributed by atoms with Crippen LogP contribution in [-0.2, 0) is 4.79 Å². The first kappa shape index (κ1) is 11.4. The Labute approximate surface area is 79.2 Å². The highest BCUT2D eigenvalue weighted by molar-refractivity contribution is 6.09. The van der Waals surface area contributed by atoms with E-state index in [9.17, 15) is 10.1 Å². The number of halogens is 1. The number of nitrogens with zero attached hydrogens (tertiary/aromatic N) is 1. The van der Waals surface area contributed by atoms with Crippen LogP contribution in [0.25, 0.3) is 0 Å². The van der Waals surface area contributed by atoms with E-state index in [1.54, 1.807) is 0 Å². The minimum Gasteiger partial charge on any atom is -0.386 e. The molecule has 1 rings (SSSR count). The molecule has 13 heavy (non-hydrogen) atoms. The molecule has 0 unspecified atom stereocenters. The topological polar surface area (TPSA) is 69.4 Å². The summed E-state index contributed by atoms with van der Waals surface area (Å²) in [6.45, 7) is 2.00. The first-order valence-corrected chi connectivity index (χ1v) is 3.37. The number of carbonyl (C=O) groups is 1. The van der Waals surface area contributed by atoms with Crippen molar-refractivity contribution >= 4 is 24.3 Å². The minimum absolute atomic E-state index is 0.0162. The summed E-state index contributed by atoms with van der Waals surface area (Å²) in [7, 11) is 0. The lowest BCUT2D eigenvalue weighted by Crippen LogP contribution is -1.86. The summed E-state index contributed by atoms with van der Waals surface area (Å²) in [5.41, 5.74) is 0.0162. The fourth-order valence-electron chi connectivity index (χ4n) is 0.619. The summed E-state index contributed by atoms with van der Waals surface area (Å²) in [4.78, 5) is 17.6. The minimum atomic E-state index is -0.488. The van der Waals surface area contributed by atoms with Crippen LogP contribution < -0.4 is 4.29 Å². The van der Waals surface area contributed by atoms with Crippen molar-refractivity contribution in [1.29, 1.82) is 0 Å². The van der Waals surface area contributed by atoms with E-state index in [2.05, 4.69) is 4.29 Å². The summed E-state index contributed by atoms with van der Waals surface area (Å²) >= 11 is 4.99. The zero-order valence-electron chi connectivity index (χ0n) is 6.47. The van der Waals surface area contributed by atoms with Gasteiger partial charge in [0.2, 0.25) is 0 Å². The van der Waals surface area contributed by atoms with Crippen LogP contribution in [0.3, 0.4) is 0 Å². The molecule has 0 aliphatic carbocycles. The number of carbonyl (C=O) groups excluding carboxylic acids is 1. The van der Waals surface area contributed by atoms with Crippen LogP contribution in [0.5, 0.6) is 5.75 Å². The zero-order chi connectivity index (χ0) is 10.3. The summed E-state index contributed by atoms with van der Waals surface area (Å²) in [6.07, 6.45) is 0. The molecule has 0 saturated heterocycles. The zero-order valence-corrected chi connectivity index (χ0v) is 7.23. The summed E-state index contributed by atoms with van der Waals surface area (Å²) in [5.74, 6) is 0.386. The lowest BCUT2D eigenvalue weighted by Gasteiger charge is -1.93. The van der Waals surface area contributed by atoms with Gasteiger partial charge in [-0.3, -0.25) is 10.1 Å². The van der Waals surface area contributed by atoms with E-state index in [0.717, 1.165) is 0 Å². The molecule has 0 aromatic heterocycles. The summed E-state index contributed by atoms with van der Waals surface area (Å²) < 4.78 is 4.30. The average molecular weight is 204 g/mol.